The number of nitrogen functional groups attached to an aromatic ring is 1. The van der Waals surface area contributed by atoms with Crippen molar-refractivity contribution in [1.82, 2.24) is 5.32 Å². The molecule has 98 valence electrons. The summed E-state index contributed by atoms with van der Waals surface area (Å²) in [7, 11) is 0. The Kier molecular flexibility index (Phi) is 3.49. The third kappa shape index (κ3) is 3.18. The molecule has 1 aromatic carbocycles. The van der Waals surface area contributed by atoms with Gasteiger partial charge < -0.3 is 11.1 Å². The van der Waals surface area contributed by atoms with E-state index in [0.29, 0.717) is 0 Å². The second kappa shape index (κ2) is 5.10. The number of halogens is 1. The fraction of sp³-hybridized carbons (Fsp3) is 0.600. The molecular formula is C15H21ClN2. The minimum atomic E-state index is 0.729. The van der Waals surface area contributed by atoms with Gasteiger partial charge in [-0.3, -0.25) is 0 Å². The van der Waals surface area contributed by atoms with Crippen LogP contribution in [0.3, 0.4) is 0 Å². The summed E-state index contributed by atoms with van der Waals surface area (Å²) in [5.74, 6) is 2.94. The summed E-state index contributed by atoms with van der Waals surface area (Å²) in [6, 6.07) is 5.79. The van der Waals surface area contributed by atoms with Crippen LogP contribution in [-0.2, 0) is 6.54 Å². The van der Waals surface area contributed by atoms with Crippen LogP contribution in [0.1, 0.15) is 31.2 Å². The SMILES string of the molecule is Nc1cc(Cl)cc(CNCC(C2CC2)C2CC2)c1. The van der Waals surface area contributed by atoms with Crippen molar-refractivity contribution < 1.29 is 0 Å². The van der Waals surface area contributed by atoms with Crippen molar-refractivity contribution in [2.45, 2.75) is 32.2 Å². The predicted octanol–water partition coefficient (Wildman–Crippen LogP) is 3.45. The number of nitrogens with two attached hydrogens (primary N) is 1. The molecule has 2 saturated carbocycles. The number of hydrogen-bond acceptors (Lipinski definition) is 2. The number of benzene rings is 1. The fourth-order valence-corrected chi connectivity index (χ4v) is 3.19. The van der Waals surface area contributed by atoms with Crippen LogP contribution < -0.4 is 11.1 Å². The summed E-state index contributed by atoms with van der Waals surface area (Å²) < 4.78 is 0. The van der Waals surface area contributed by atoms with Crippen molar-refractivity contribution in [1.29, 1.82) is 0 Å². The lowest BCUT2D eigenvalue weighted by Gasteiger charge is -2.16. The van der Waals surface area contributed by atoms with Crippen molar-refractivity contribution in [2.75, 3.05) is 12.3 Å². The maximum Gasteiger partial charge on any atom is 0.0429 e. The summed E-state index contributed by atoms with van der Waals surface area (Å²) in [6.07, 6.45) is 5.81. The van der Waals surface area contributed by atoms with Crippen molar-refractivity contribution >= 4 is 17.3 Å². The first-order chi connectivity index (χ1) is 8.72. The van der Waals surface area contributed by atoms with Crippen LogP contribution in [0.25, 0.3) is 0 Å². The molecular weight excluding hydrogens is 244 g/mol. The Morgan fingerprint density at radius 1 is 1.17 bits per heavy atom. The van der Waals surface area contributed by atoms with Gasteiger partial charge in [-0.05, 0) is 73.7 Å². The van der Waals surface area contributed by atoms with E-state index in [4.69, 9.17) is 17.3 Å². The third-order valence-electron chi connectivity index (χ3n) is 4.14. The molecule has 0 unspecified atom stereocenters. The molecule has 1 aromatic rings. The maximum absolute atomic E-state index is 6.00. The Morgan fingerprint density at radius 2 is 1.83 bits per heavy atom. The molecule has 0 spiro atoms. The Morgan fingerprint density at radius 3 is 2.39 bits per heavy atom. The van der Waals surface area contributed by atoms with E-state index >= 15 is 0 Å². The van der Waals surface area contributed by atoms with Gasteiger partial charge in [-0.15, -0.1) is 0 Å². The first-order valence-electron chi connectivity index (χ1n) is 6.98. The van der Waals surface area contributed by atoms with Gasteiger partial charge in [-0.25, -0.2) is 0 Å². The Balaban J connectivity index is 1.51. The summed E-state index contributed by atoms with van der Waals surface area (Å²) in [5, 5.41) is 4.31. The molecule has 0 atom stereocenters. The molecule has 0 saturated heterocycles. The molecule has 3 heteroatoms. The van der Waals surface area contributed by atoms with Crippen LogP contribution in [0.4, 0.5) is 5.69 Å². The largest absolute Gasteiger partial charge is 0.399 e. The molecule has 3 N–H and O–H groups in total. The highest BCUT2D eigenvalue weighted by Crippen LogP contribution is 2.48. The molecule has 2 aliphatic carbocycles. The monoisotopic (exact) mass is 264 g/mol. The summed E-state index contributed by atoms with van der Waals surface area (Å²) in [5.41, 5.74) is 7.73. The molecule has 0 bridgehead atoms. The van der Waals surface area contributed by atoms with Crippen LogP contribution in [0.2, 0.25) is 5.02 Å². The summed E-state index contributed by atoms with van der Waals surface area (Å²) in [6.45, 7) is 2.03. The maximum atomic E-state index is 6.00. The van der Waals surface area contributed by atoms with Crippen LogP contribution in [-0.4, -0.2) is 6.54 Å². The zero-order valence-corrected chi connectivity index (χ0v) is 11.4. The Labute approximate surface area is 114 Å². The van der Waals surface area contributed by atoms with Gasteiger partial charge in [0.2, 0.25) is 0 Å². The van der Waals surface area contributed by atoms with Crippen LogP contribution >= 0.6 is 11.6 Å². The number of hydrogen-bond donors (Lipinski definition) is 2. The van der Waals surface area contributed by atoms with Gasteiger partial charge in [0, 0.05) is 17.3 Å². The molecule has 2 fully saturated rings. The van der Waals surface area contributed by atoms with E-state index in [2.05, 4.69) is 5.32 Å². The average molecular weight is 265 g/mol. The van der Waals surface area contributed by atoms with Gasteiger partial charge in [0.15, 0.2) is 0 Å². The van der Waals surface area contributed by atoms with Gasteiger partial charge in [0.25, 0.3) is 0 Å². The van der Waals surface area contributed by atoms with Gasteiger partial charge in [0.1, 0.15) is 0 Å². The van der Waals surface area contributed by atoms with E-state index in [1.54, 1.807) is 6.07 Å². The highest BCUT2D eigenvalue weighted by molar-refractivity contribution is 6.30. The summed E-state index contributed by atoms with van der Waals surface area (Å²) in [4.78, 5) is 0. The van der Waals surface area contributed by atoms with Crippen LogP contribution in [0.5, 0.6) is 0 Å². The molecule has 0 aromatic heterocycles. The highest BCUT2D eigenvalue weighted by Gasteiger charge is 2.40. The van der Waals surface area contributed by atoms with Crippen molar-refractivity contribution in [3.63, 3.8) is 0 Å². The molecule has 3 rings (SSSR count). The van der Waals surface area contributed by atoms with E-state index < -0.39 is 0 Å². The van der Waals surface area contributed by atoms with Gasteiger partial charge in [0.05, 0.1) is 0 Å². The van der Waals surface area contributed by atoms with E-state index in [-0.39, 0.29) is 0 Å². The normalized spacial score (nSPS) is 19.4. The standard InChI is InChI=1S/C15H21ClN2/c16-13-5-10(6-14(17)7-13)8-18-9-15(11-1-2-11)12-3-4-12/h5-7,11-12,15,18H,1-4,8-9,17H2. The van der Waals surface area contributed by atoms with Crippen molar-refractivity contribution in [2.24, 2.45) is 17.8 Å². The third-order valence-corrected chi connectivity index (χ3v) is 4.36. The summed E-state index contributed by atoms with van der Waals surface area (Å²) >= 11 is 6.00. The van der Waals surface area contributed by atoms with Gasteiger partial charge in [-0.2, -0.15) is 0 Å². The Hall–Kier alpha value is -0.730. The van der Waals surface area contributed by atoms with E-state index in [0.717, 1.165) is 41.6 Å². The molecule has 18 heavy (non-hydrogen) atoms. The molecule has 2 nitrogen and oxygen atoms in total. The minimum absolute atomic E-state index is 0.729. The van der Waals surface area contributed by atoms with Gasteiger partial charge >= 0.3 is 0 Å². The Bertz CT molecular complexity index is 392. The van der Waals surface area contributed by atoms with Crippen molar-refractivity contribution in [3.8, 4) is 0 Å². The second-order valence-electron chi connectivity index (χ2n) is 5.86. The number of rotatable bonds is 6. The van der Waals surface area contributed by atoms with Gasteiger partial charge in [-0.1, -0.05) is 11.6 Å². The molecule has 0 heterocycles. The molecule has 0 amide bonds. The smallest absolute Gasteiger partial charge is 0.0429 e. The fourth-order valence-electron chi connectivity index (χ4n) is 2.93. The average Bonchev–Trinajstić information content (AvgIpc) is 3.14. The van der Waals surface area contributed by atoms with Crippen LogP contribution in [0.15, 0.2) is 18.2 Å². The zero-order valence-electron chi connectivity index (χ0n) is 10.7. The van der Waals surface area contributed by atoms with E-state index in [1.807, 2.05) is 12.1 Å². The number of anilines is 1. The zero-order chi connectivity index (χ0) is 12.5. The number of nitrogens with one attached hydrogen (secondary N) is 1. The molecule has 0 radical (unpaired) electrons. The first kappa shape index (κ1) is 12.3. The topological polar surface area (TPSA) is 38.0 Å². The van der Waals surface area contributed by atoms with Crippen molar-refractivity contribution in [3.05, 3.63) is 28.8 Å². The second-order valence-corrected chi connectivity index (χ2v) is 6.30. The lowest BCUT2D eigenvalue weighted by atomic mass is 9.98. The first-order valence-corrected chi connectivity index (χ1v) is 7.36. The lowest BCUT2D eigenvalue weighted by molar-refractivity contribution is 0.378. The van der Waals surface area contributed by atoms with E-state index in [1.165, 1.54) is 31.2 Å². The predicted molar refractivity (Wildman–Crippen MR) is 76.5 cm³/mol. The van der Waals surface area contributed by atoms with E-state index in [9.17, 15) is 0 Å². The highest BCUT2D eigenvalue weighted by atomic mass is 35.5. The quantitative estimate of drug-likeness (QED) is 0.773. The molecule has 2 aliphatic rings. The van der Waals surface area contributed by atoms with Crippen LogP contribution in [0, 0.1) is 17.8 Å². The minimum Gasteiger partial charge on any atom is -0.399 e. The lowest BCUT2D eigenvalue weighted by Crippen LogP contribution is -2.25. The molecule has 0 aliphatic heterocycles.